The molecule has 26 heavy (non-hydrogen) atoms. The van der Waals surface area contributed by atoms with Crippen LogP contribution in [-0.4, -0.2) is 39.4 Å². The molecule has 1 aliphatic rings. The minimum Gasteiger partial charge on any atom is -0.371 e. The van der Waals surface area contributed by atoms with Gasteiger partial charge < -0.3 is 10.2 Å². The summed E-state index contributed by atoms with van der Waals surface area (Å²) in [7, 11) is 0. The zero-order chi connectivity index (χ0) is 17.8. The van der Waals surface area contributed by atoms with Crippen LogP contribution in [0, 0.1) is 17.2 Å². The smallest absolute Gasteiger partial charge is 0.163 e. The van der Waals surface area contributed by atoms with Crippen molar-refractivity contribution in [1.29, 1.82) is 5.26 Å². The van der Waals surface area contributed by atoms with Crippen LogP contribution in [0.4, 0.5) is 11.5 Å². The van der Waals surface area contributed by atoms with Crippen LogP contribution in [0.15, 0.2) is 42.9 Å². The van der Waals surface area contributed by atoms with Gasteiger partial charge in [0.15, 0.2) is 5.65 Å². The third-order valence-corrected chi connectivity index (χ3v) is 4.83. The normalized spacial score (nSPS) is 16.7. The van der Waals surface area contributed by atoms with Crippen LogP contribution in [0.3, 0.4) is 0 Å². The van der Waals surface area contributed by atoms with E-state index in [1.165, 1.54) is 5.69 Å². The van der Waals surface area contributed by atoms with Crippen molar-refractivity contribution >= 4 is 22.5 Å². The third-order valence-electron chi connectivity index (χ3n) is 4.83. The maximum atomic E-state index is 8.76. The SMILES string of the molecule is N#CCCn1ncc2c(NC[C@@H]3CCN(c4ccccc4)C3)ncnc21. The molecule has 0 radical (unpaired) electrons. The molecule has 1 atom stereocenters. The minimum absolute atomic E-state index is 0.418. The highest BCUT2D eigenvalue weighted by Gasteiger charge is 2.22. The van der Waals surface area contributed by atoms with E-state index in [9.17, 15) is 0 Å². The van der Waals surface area contributed by atoms with Gasteiger partial charge in [0.05, 0.1) is 30.6 Å². The van der Waals surface area contributed by atoms with E-state index in [1.54, 1.807) is 17.2 Å². The molecular weight excluding hydrogens is 326 g/mol. The minimum atomic E-state index is 0.418. The van der Waals surface area contributed by atoms with E-state index in [-0.39, 0.29) is 0 Å². The first kappa shape index (κ1) is 16.3. The van der Waals surface area contributed by atoms with Crippen molar-refractivity contribution in [2.75, 3.05) is 29.9 Å². The molecule has 0 saturated carbocycles. The quantitative estimate of drug-likeness (QED) is 0.738. The summed E-state index contributed by atoms with van der Waals surface area (Å²) in [5.74, 6) is 1.39. The lowest BCUT2D eigenvalue weighted by molar-refractivity contribution is 0.621. The van der Waals surface area contributed by atoms with Crippen LogP contribution in [0.2, 0.25) is 0 Å². The molecule has 7 nitrogen and oxygen atoms in total. The Morgan fingerprint density at radius 2 is 2.12 bits per heavy atom. The number of anilines is 2. The fraction of sp³-hybridized carbons (Fsp3) is 0.368. The number of aromatic nitrogens is 4. The molecule has 4 rings (SSSR count). The zero-order valence-electron chi connectivity index (χ0n) is 14.5. The van der Waals surface area contributed by atoms with Crippen molar-refractivity contribution in [3.63, 3.8) is 0 Å². The van der Waals surface area contributed by atoms with E-state index < -0.39 is 0 Å². The number of aryl methyl sites for hydroxylation is 1. The summed E-state index contributed by atoms with van der Waals surface area (Å²) in [5.41, 5.74) is 2.06. The number of para-hydroxylation sites is 1. The van der Waals surface area contributed by atoms with Crippen LogP contribution in [0.5, 0.6) is 0 Å². The zero-order valence-corrected chi connectivity index (χ0v) is 14.5. The summed E-state index contributed by atoms with van der Waals surface area (Å²) in [5, 5.41) is 17.5. The fourth-order valence-corrected chi connectivity index (χ4v) is 3.47. The Bertz CT molecular complexity index is 913. The monoisotopic (exact) mass is 347 g/mol. The molecule has 132 valence electrons. The number of rotatable bonds is 6. The molecule has 3 heterocycles. The highest BCUT2D eigenvalue weighted by atomic mass is 15.3. The standard InChI is InChI=1S/C19H21N7/c20-8-4-9-26-19-17(12-24-26)18(22-14-23-19)21-11-15-7-10-25(13-15)16-5-2-1-3-6-16/h1-3,5-6,12,14-15H,4,7,9-11,13H2,(H,21,22,23)/t15-/m0/s1. The molecule has 1 fully saturated rings. The van der Waals surface area contributed by atoms with Gasteiger partial charge in [-0.15, -0.1) is 0 Å². The molecular formula is C19H21N7. The van der Waals surface area contributed by atoms with E-state index in [0.717, 1.165) is 42.9 Å². The van der Waals surface area contributed by atoms with Crippen molar-refractivity contribution in [3.05, 3.63) is 42.9 Å². The van der Waals surface area contributed by atoms with Crippen LogP contribution >= 0.6 is 0 Å². The summed E-state index contributed by atoms with van der Waals surface area (Å²) in [6.07, 6.45) is 4.92. The van der Waals surface area contributed by atoms with Crippen LogP contribution in [0.1, 0.15) is 12.8 Å². The summed E-state index contributed by atoms with van der Waals surface area (Å²) in [6.45, 7) is 3.55. The molecule has 0 spiro atoms. The number of fused-ring (bicyclic) bond motifs is 1. The molecule has 1 aromatic carbocycles. The van der Waals surface area contributed by atoms with Crippen molar-refractivity contribution < 1.29 is 0 Å². The molecule has 1 aliphatic heterocycles. The maximum absolute atomic E-state index is 8.76. The Balaban J connectivity index is 1.41. The van der Waals surface area contributed by atoms with E-state index in [4.69, 9.17) is 5.26 Å². The molecule has 2 aromatic heterocycles. The highest BCUT2D eigenvalue weighted by molar-refractivity contribution is 5.86. The lowest BCUT2D eigenvalue weighted by Crippen LogP contribution is -2.22. The van der Waals surface area contributed by atoms with Crippen molar-refractivity contribution in [1.82, 2.24) is 19.7 Å². The Morgan fingerprint density at radius 3 is 2.96 bits per heavy atom. The number of hydrogen-bond donors (Lipinski definition) is 1. The van der Waals surface area contributed by atoms with Gasteiger partial charge in [0.25, 0.3) is 0 Å². The molecule has 3 aromatic rings. The van der Waals surface area contributed by atoms with Crippen LogP contribution in [-0.2, 0) is 6.54 Å². The number of benzene rings is 1. The Labute approximate surface area is 152 Å². The number of hydrogen-bond acceptors (Lipinski definition) is 6. The predicted octanol–water partition coefficient (Wildman–Crippen LogP) is 2.68. The molecule has 0 aliphatic carbocycles. The van der Waals surface area contributed by atoms with Gasteiger partial charge in [0.2, 0.25) is 0 Å². The van der Waals surface area contributed by atoms with Gasteiger partial charge in [-0.05, 0) is 24.5 Å². The summed E-state index contributed by atoms with van der Waals surface area (Å²) >= 11 is 0. The lowest BCUT2D eigenvalue weighted by atomic mass is 10.1. The Kier molecular flexibility index (Phi) is 4.65. The lowest BCUT2D eigenvalue weighted by Gasteiger charge is -2.18. The summed E-state index contributed by atoms with van der Waals surface area (Å²) in [4.78, 5) is 11.1. The summed E-state index contributed by atoms with van der Waals surface area (Å²) in [6, 6.07) is 12.7. The Hall–Kier alpha value is -3.14. The van der Waals surface area contributed by atoms with Crippen LogP contribution in [0.25, 0.3) is 11.0 Å². The highest BCUT2D eigenvalue weighted by Crippen LogP contribution is 2.25. The first-order chi connectivity index (χ1) is 12.8. The van der Waals surface area contributed by atoms with E-state index in [1.807, 2.05) is 0 Å². The Morgan fingerprint density at radius 1 is 1.23 bits per heavy atom. The van der Waals surface area contributed by atoms with E-state index in [0.29, 0.717) is 18.9 Å². The largest absolute Gasteiger partial charge is 0.371 e. The number of nitrogens with one attached hydrogen (secondary N) is 1. The van der Waals surface area contributed by atoms with Gasteiger partial charge in [-0.25, -0.2) is 14.6 Å². The molecule has 0 bridgehead atoms. The van der Waals surface area contributed by atoms with E-state index >= 15 is 0 Å². The van der Waals surface area contributed by atoms with E-state index in [2.05, 4.69) is 61.7 Å². The first-order valence-electron chi connectivity index (χ1n) is 8.92. The maximum Gasteiger partial charge on any atom is 0.163 e. The van der Waals surface area contributed by atoms with Crippen molar-refractivity contribution in [2.45, 2.75) is 19.4 Å². The second kappa shape index (κ2) is 7.40. The van der Waals surface area contributed by atoms with Crippen molar-refractivity contribution in [3.8, 4) is 6.07 Å². The molecule has 1 N–H and O–H groups in total. The number of nitriles is 1. The van der Waals surface area contributed by atoms with Crippen LogP contribution < -0.4 is 10.2 Å². The third kappa shape index (κ3) is 3.31. The topological polar surface area (TPSA) is 82.7 Å². The molecule has 0 unspecified atom stereocenters. The van der Waals surface area contributed by atoms with Gasteiger partial charge in [-0.2, -0.15) is 10.4 Å². The van der Waals surface area contributed by atoms with Crippen molar-refractivity contribution in [2.24, 2.45) is 5.92 Å². The molecule has 1 saturated heterocycles. The fourth-order valence-electron chi connectivity index (χ4n) is 3.47. The summed E-state index contributed by atoms with van der Waals surface area (Å²) < 4.78 is 1.76. The van der Waals surface area contributed by atoms with Gasteiger partial charge >= 0.3 is 0 Å². The number of nitrogens with zero attached hydrogens (tertiary/aromatic N) is 6. The molecule has 7 heteroatoms. The first-order valence-corrected chi connectivity index (χ1v) is 8.92. The van der Waals surface area contributed by atoms with Gasteiger partial charge in [0.1, 0.15) is 12.1 Å². The second-order valence-corrected chi connectivity index (χ2v) is 6.55. The predicted molar refractivity (Wildman–Crippen MR) is 101 cm³/mol. The van der Waals surface area contributed by atoms with Gasteiger partial charge in [-0.1, -0.05) is 18.2 Å². The van der Waals surface area contributed by atoms with Gasteiger partial charge in [-0.3, -0.25) is 0 Å². The second-order valence-electron chi connectivity index (χ2n) is 6.55. The average Bonchev–Trinajstić information content (AvgIpc) is 3.33. The van der Waals surface area contributed by atoms with Gasteiger partial charge in [0, 0.05) is 25.3 Å². The molecule has 0 amide bonds. The average molecular weight is 347 g/mol.